The number of halogens is 4. The highest BCUT2D eigenvalue weighted by molar-refractivity contribution is 7.87. The molecule has 1 unspecified atom stereocenters. The van der Waals surface area contributed by atoms with E-state index in [0.717, 1.165) is 12.1 Å². The summed E-state index contributed by atoms with van der Waals surface area (Å²) in [7, 11) is -5.11. The largest absolute Gasteiger partial charge is 0.508 e. The Kier molecular flexibility index (Phi) is 5.98. The molecule has 3 N–H and O–H groups in total. The number of phenolic OH excluding ortho intramolecular Hbond substituents is 2. The lowest BCUT2D eigenvalue weighted by Crippen LogP contribution is -2.39. The molecule has 0 heterocycles. The van der Waals surface area contributed by atoms with E-state index in [1.54, 1.807) is 0 Å². The van der Waals surface area contributed by atoms with E-state index in [1.807, 2.05) is 0 Å². The number of hydrogen-bond acceptors (Lipinski definition) is 4. The van der Waals surface area contributed by atoms with Gasteiger partial charge >= 0.3 is 0 Å². The van der Waals surface area contributed by atoms with Gasteiger partial charge in [0.25, 0.3) is 10.1 Å². The number of rotatable bonds is 4. The maximum Gasteiger partial charge on any atom is 0.283 e. The molecule has 3 aromatic rings. The third kappa shape index (κ3) is 3.65. The summed E-state index contributed by atoms with van der Waals surface area (Å²) in [5.41, 5.74) is -0.530. The van der Waals surface area contributed by atoms with Crippen molar-refractivity contribution in [1.82, 2.24) is 0 Å². The van der Waals surface area contributed by atoms with Gasteiger partial charge in [-0.15, -0.1) is 0 Å². The summed E-state index contributed by atoms with van der Waals surface area (Å²) in [6.07, 6.45) is 0. The van der Waals surface area contributed by atoms with Crippen molar-refractivity contribution in [2.24, 2.45) is 0 Å². The fraction of sp³-hybridized carbons (Fsp3) is 0.0526. The number of aromatic hydroxyl groups is 2. The van der Waals surface area contributed by atoms with E-state index in [1.165, 1.54) is 42.5 Å². The first-order valence-electron chi connectivity index (χ1n) is 7.89. The minimum atomic E-state index is -5.11. The van der Waals surface area contributed by atoms with E-state index in [9.17, 15) is 23.2 Å². The average Bonchev–Trinajstić information content (AvgIpc) is 2.62. The van der Waals surface area contributed by atoms with Gasteiger partial charge in [0.15, 0.2) is 4.75 Å². The summed E-state index contributed by atoms with van der Waals surface area (Å²) >= 11 is 24.8. The van der Waals surface area contributed by atoms with Crippen molar-refractivity contribution in [3.8, 4) is 11.5 Å². The maximum atomic E-state index is 13.0. The zero-order valence-electron chi connectivity index (χ0n) is 14.3. The Bertz CT molecular complexity index is 1140. The third-order valence-corrected chi connectivity index (χ3v) is 7.21. The highest BCUT2D eigenvalue weighted by Gasteiger charge is 2.52. The van der Waals surface area contributed by atoms with Crippen molar-refractivity contribution < 1.29 is 23.2 Å². The number of phenols is 2. The van der Waals surface area contributed by atoms with Crippen LogP contribution in [0.25, 0.3) is 0 Å². The normalized spacial score (nSPS) is 13.8. The fourth-order valence-electron chi connectivity index (χ4n) is 3.21. The summed E-state index contributed by atoms with van der Waals surface area (Å²) in [5.74, 6) is -0.831. The van der Waals surface area contributed by atoms with Crippen molar-refractivity contribution in [1.29, 1.82) is 0 Å². The minimum absolute atomic E-state index is 0.0384. The second-order valence-corrected chi connectivity index (χ2v) is 9.26. The van der Waals surface area contributed by atoms with Crippen LogP contribution in [0.1, 0.15) is 16.7 Å². The van der Waals surface area contributed by atoms with Crippen LogP contribution in [-0.4, -0.2) is 23.2 Å². The Balaban J connectivity index is 2.66. The molecular weight excluding hydrogens is 482 g/mol. The second-order valence-electron chi connectivity index (χ2n) is 6.10. The van der Waals surface area contributed by atoms with Crippen molar-refractivity contribution >= 4 is 56.5 Å². The van der Waals surface area contributed by atoms with Gasteiger partial charge < -0.3 is 10.2 Å². The van der Waals surface area contributed by atoms with E-state index >= 15 is 0 Å². The summed E-state index contributed by atoms with van der Waals surface area (Å²) < 4.78 is 34.0. The molecule has 10 heteroatoms. The highest BCUT2D eigenvalue weighted by Crippen LogP contribution is 2.53. The van der Waals surface area contributed by atoms with Crippen molar-refractivity contribution in [2.45, 2.75) is 4.75 Å². The molecular formula is C19H12Cl4O5S. The molecule has 0 aliphatic heterocycles. The van der Waals surface area contributed by atoms with Crippen LogP contribution in [0.3, 0.4) is 0 Å². The van der Waals surface area contributed by atoms with Crippen molar-refractivity contribution in [3.05, 3.63) is 91.4 Å². The number of benzene rings is 3. The first kappa shape index (κ1) is 22.0. The van der Waals surface area contributed by atoms with Gasteiger partial charge in [0.2, 0.25) is 0 Å². The molecule has 0 saturated heterocycles. The molecule has 0 fully saturated rings. The first-order valence-corrected chi connectivity index (χ1v) is 10.8. The van der Waals surface area contributed by atoms with Gasteiger partial charge in [0.1, 0.15) is 11.5 Å². The molecule has 0 amide bonds. The van der Waals surface area contributed by atoms with Gasteiger partial charge in [-0.2, -0.15) is 8.42 Å². The van der Waals surface area contributed by atoms with Crippen LogP contribution in [0.15, 0.2) is 54.6 Å². The maximum absolute atomic E-state index is 13.0. The number of hydrogen-bond donors (Lipinski definition) is 3. The predicted octanol–water partition coefficient (Wildman–Crippen LogP) is 5.89. The molecule has 0 aliphatic rings. The second kappa shape index (κ2) is 7.87. The zero-order chi connectivity index (χ0) is 21.6. The van der Waals surface area contributed by atoms with Gasteiger partial charge in [-0.3, -0.25) is 4.55 Å². The third-order valence-electron chi connectivity index (χ3n) is 4.36. The molecule has 5 nitrogen and oxygen atoms in total. The first-order chi connectivity index (χ1) is 13.5. The van der Waals surface area contributed by atoms with E-state index in [2.05, 4.69) is 0 Å². The van der Waals surface area contributed by atoms with Gasteiger partial charge in [0.05, 0.1) is 15.1 Å². The van der Waals surface area contributed by atoms with Crippen LogP contribution in [0.5, 0.6) is 11.5 Å². The molecule has 0 radical (unpaired) electrons. The molecule has 29 heavy (non-hydrogen) atoms. The van der Waals surface area contributed by atoms with E-state index in [-0.39, 0.29) is 37.5 Å². The lowest BCUT2D eigenvalue weighted by atomic mass is 9.83. The van der Waals surface area contributed by atoms with E-state index in [0.29, 0.717) is 0 Å². The summed E-state index contributed by atoms with van der Waals surface area (Å²) in [6, 6.07) is 11.9. The summed E-state index contributed by atoms with van der Waals surface area (Å²) in [6.45, 7) is 0. The predicted molar refractivity (Wildman–Crippen MR) is 114 cm³/mol. The molecule has 0 aromatic heterocycles. The molecule has 0 saturated carbocycles. The monoisotopic (exact) mass is 492 g/mol. The summed E-state index contributed by atoms with van der Waals surface area (Å²) in [5, 5.41) is 19.4. The fourth-order valence-corrected chi connectivity index (χ4v) is 5.66. The van der Waals surface area contributed by atoms with E-state index < -0.39 is 25.6 Å². The Labute approximate surface area is 186 Å². The Morgan fingerprint density at radius 2 is 1.38 bits per heavy atom. The van der Waals surface area contributed by atoms with Crippen LogP contribution >= 0.6 is 46.4 Å². The lowest BCUT2D eigenvalue weighted by molar-refractivity contribution is 0.455. The molecule has 0 aliphatic carbocycles. The van der Waals surface area contributed by atoms with Crippen LogP contribution in [0, 0.1) is 0 Å². The van der Waals surface area contributed by atoms with Crippen molar-refractivity contribution in [2.75, 3.05) is 0 Å². The van der Waals surface area contributed by atoms with Gasteiger partial charge in [-0.1, -0.05) is 70.7 Å². The average molecular weight is 494 g/mol. The standard InChI is InChI=1S/C19H12Cl4O5S/c20-12-5-1-3-10(7-12)19(29(26,27)28,11-4-2-6-13(24)8-11)16-17(22)14(21)9-15(25)18(16)23/h1-9,24-25H,(H,26,27,28). The Hall–Kier alpha value is -1.67. The lowest BCUT2D eigenvalue weighted by Gasteiger charge is -2.34. The molecule has 3 aromatic carbocycles. The van der Waals surface area contributed by atoms with Crippen LogP contribution in [-0.2, 0) is 14.9 Å². The molecule has 152 valence electrons. The zero-order valence-corrected chi connectivity index (χ0v) is 18.1. The topological polar surface area (TPSA) is 94.8 Å². The minimum Gasteiger partial charge on any atom is -0.508 e. The van der Waals surface area contributed by atoms with Crippen molar-refractivity contribution in [3.63, 3.8) is 0 Å². The van der Waals surface area contributed by atoms with Gasteiger partial charge in [0, 0.05) is 16.7 Å². The molecule has 0 spiro atoms. The van der Waals surface area contributed by atoms with E-state index in [4.69, 9.17) is 46.4 Å². The smallest absolute Gasteiger partial charge is 0.283 e. The molecule has 1 atom stereocenters. The van der Waals surface area contributed by atoms with Crippen LogP contribution < -0.4 is 0 Å². The molecule has 3 rings (SSSR count). The van der Waals surface area contributed by atoms with Gasteiger partial charge in [-0.05, 0) is 35.4 Å². The van der Waals surface area contributed by atoms with Crippen LogP contribution in [0.2, 0.25) is 20.1 Å². The summed E-state index contributed by atoms with van der Waals surface area (Å²) in [4.78, 5) is 0. The van der Waals surface area contributed by atoms with Crippen LogP contribution in [0.4, 0.5) is 0 Å². The Morgan fingerprint density at radius 1 is 0.793 bits per heavy atom. The highest BCUT2D eigenvalue weighted by atomic mass is 35.5. The molecule has 0 bridgehead atoms. The quantitative estimate of drug-likeness (QED) is 0.239. The van der Waals surface area contributed by atoms with Gasteiger partial charge in [-0.25, -0.2) is 0 Å². The Morgan fingerprint density at radius 3 is 1.93 bits per heavy atom. The SMILES string of the molecule is O=S(=O)(O)C(c1cccc(O)c1)(c1cccc(Cl)c1)c1c(Cl)c(O)cc(Cl)c1Cl.